The standard InChI is InChI=1S/C14H16BrNO/c1-14-5-6-16-13(14)12(15)7-9-3-4-10(17-2)8-11(9)14/h3-4,8,12H,5-7H2,1-2H3. The van der Waals surface area contributed by atoms with Crippen LogP contribution in [0.3, 0.4) is 0 Å². The van der Waals surface area contributed by atoms with Gasteiger partial charge in [0.05, 0.1) is 11.9 Å². The van der Waals surface area contributed by atoms with Crippen LogP contribution in [0.25, 0.3) is 0 Å². The fraction of sp³-hybridized carbons (Fsp3) is 0.500. The van der Waals surface area contributed by atoms with Crippen molar-refractivity contribution in [2.45, 2.75) is 30.0 Å². The molecule has 0 spiro atoms. The molecular formula is C14H16BrNO. The van der Waals surface area contributed by atoms with Gasteiger partial charge in [0, 0.05) is 17.7 Å². The lowest BCUT2D eigenvalue weighted by Gasteiger charge is -2.36. The Kier molecular flexibility index (Phi) is 2.54. The van der Waals surface area contributed by atoms with Crippen LogP contribution in [0, 0.1) is 0 Å². The molecule has 0 radical (unpaired) electrons. The Hall–Kier alpha value is -0.830. The highest BCUT2D eigenvalue weighted by atomic mass is 79.9. The Morgan fingerprint density at radius 3 is 3.06 bits per heavy atom. The van der Waals surface area contributed by atoms with Crippen LogP contribution < -0.4 is 4.74 Å². The van der Waals surface area contributed by atoms with Crippen LogP contribution in [0.1, 0.15) is 24.5 Å². The molecule has 0 fully saturated rings. The van der Waals surface area contributed by atoms with E-state index in [0.717, 1.165) is 25.1 Å². The van der Waals surface area contributed by atoms with Crippen LogP contribution >= 0.6 is 15.9 Å². The zero-order chi connectivity index (χ0) is 12.0. The Balaban J connectivity index is 2.18. The van der Waals surface area contributed by atoms with Crippen molar-refractivity contribution in [2.75, 3.05) is 13.7 Å². The number of alkyl halides is 1. The van der Waals surface area contributed by atoms with Crippen LogP contribution in [-0.2, 0) is 11.8 Å². The van der Waals surface area contributed by atoms with E-state index in [0.29, 0.717) is 4.83 Å². The molecule has 0 saturated carbocycles. The lowest BCUT2D eigenvalue weighted by molar-refractivity contribution is 0.412. The molecule has 0 N–H and O–H groups in total. The van der Waals surface area contributed by atoms with Crippen molar-refractivity contribution in [3.63, 3.8) is 0 Å². The fourth-order valence-corrected chi connectivity index (χ4v) is 4.08. The second-order valence-corrected chi connectivity index (χ2v) is 6.15. The molecule has 17 heavy (non-hydrogen) atoms. The van der Waals surface area contributed by atoms with Gasteiger partial charge in [-0.15, -0.1) is 0 Å². The predicted octanol–water partition coefficient (Wildman–Crippen LogP) is 3.12. The van der Waals surface area contributed by atoms with Gasteiger partial charge in [-0.3, -0.25) is 4.99 Å². The van der Waals surface area contributed by atoms with Gasteiger partial charge in [0.2, 0.25) is 0 Å². The van der Waals surface area contributed by atoms with Crippen molar-refractivity contribution in [1.82, 2.24) is 0 Å². The van der Waals surface area contributed by atoms with Gasteiger partial charge >= 0.3 is 0 Å². The van der Waals surface area contributed by atoms with Crippen molar-refractivity contribution >= 4 is 21.6 Å². The Labute approximate surface area is 110 Å². The molecule has 1 aliphatic heterocycles. The molecule has 1 aliphatic carbocycles. The number of ether oxygens (including phenoxy) is 1. The molecule has 3 rings (SSSR count). The lowest BCUT2D eigenvalue weighted by atomic mass is 9.69. The molecule has 1 aromatic carbocycles. The van der Waals surface area contributed by atoms with E-state index in [4.69, 9.17) is 9.73 Å². The van der Waals surface area contributed by atoms with E-state index >= 15 is 0 Å². The number of nitrogens with zero attached hydrogens (tertiary/aromatic N) is 1. The first-order valence-electron chi connectivity index (χ1n) is 6.01. The minimum atomic E-state index is 0.107. The van der Waals surface area contributed by atoms with E-state index < -0.39 is 0 Å². The van der Waals surface area contributed by atoms with E-state index in [-0.39, 0.29) is 5.41 Å². The van der Waals surface area contributed by atoms with Gasteiger partial charge in [-0.05, 0) is 36.1 Å². The lowest BCUT2D eigenvalue weighted by Crippen LogP contribution is -2.41. The maximum Gasteiger partial charge on any atom is 0.119 e. The maximum absolute atomic E-state index is 5.35. The minimum absolute atomic E-state index is 0.107. The second-order valence-electron chi connectivity index (χ2n) is 5.04. The van der Waals surface area contributed by atoms with Gasteiger partial charge in [0.15, 0.2) is 0 Å². The largest absolute Gasteiger partial charge is 0.497 e. The smallest absolute Gasteiger partial charge is 0.119 e. The molecule has 0 amide bonds. The molecule has 1 aromatic rings. The van der Waals surface area contributed by atoms with Gasteiger partial charge in [-0.1, -0.05) is 28.9 Å². The second kappa shape index (κ2) is 3.84. The number of hydrogen-bond donors (Lipinski definition) is 0. The summed E-state index contributed by atoms with van der Waals surface area (Å²) in [6.45, 7) is 3.26. The zero-order valence-electron chi connectivity index (χ0n) is 10.2. The quantitative estimate of drug-likeness (QED) is 0.729. The third-order valence-corrected chi connectivity index (χ3v) is 4.82. The normalized spacial score (nSPS) is 30.5. The van der Waals surface area contributed by atoms with Crippen LogP contribution in [0.5, 0.6) is 5.75 Å². The predicted molar refractivity (Wildman–Crippen MR) is 73.7 cm³/mol. The van der Waals surface area contributed by atoms with Crippen molar-refractivity contribution in [1.29, 1.82) is 0 Å². The Morgan fingerprint density at radius 1 is 1.47 bits per heavy atom. The van der Waals surface area contributed by atoms with Crippen LogP contribution in [0.2, 0.25) is 0 Å². The van der Waals surface area contributed by atoms with E-state index in [1.54, 1.807) is 7.11 Å². The summed E-state index contributed by atoms with van der Waals surface area (Å²) in [4.78, 5) is 5.09. The number of hydrogen-bond acceptors (Lipinski definition) is 2. The van der Waals surface area contributed by atoms with Crippen molar-refractivity contribution in [2.24, 2.45) is 4.99 Å². The van der Waals surface area contributed by atoms with Gasteiger partial charge in [-0.2, -0.15) is 0 Å². The van der Waals surface area contributed by atoms with E-state index in [9.17, 15) is 0 Å². The Bertz CT molecular complexity index is 497. The first-order valence-corrected chi connectivity index (χ1v) is 6.93. The monoisotopic (exact) mass is 293 g/mol. The van der Waals surface area contributed by atoms with Crippen LogP contribution in [-0.4, -0.2) is 24.2 Å². The molecule has 0 aromatic heterocycles. The summed E-state index contributed by atoms with van der Waals surface area (Å²) in [6, 6.07) is 6.44. The molecule has 2 atom stereocenters. The van der Waals surface area contributed by atoms with E-state index in [1.807, 2.05) is 0 Å². The first-order chi connectivity index (χ1) is 8.15. The summed E-state index contributed by atoms with van der Waals surface area (Å²) in [5, 5.41) is 0. The summed E-state index contributed by atoms with van der Waals surface area (Å²) in [7, 11) is 1.73. The molecule has 90 valence electrons. The summed E-state index contributed by atoms with van der Waals surface area (Å²) >= 11 is 3.77. The first kappa shape index (κ1) is 11.3. The van der Waals surface area contributed by atoms with Gasteiger partial charge in [-0.25, -0.2) is 0 Å². The Morgan fingerprint density at radius 2 is 2.29 bits per heavy atom. The van der Waals surface area contributed by atoms with Crippen LogP contribution in [0.4, 0.5) is 0 Å². The maximum atomic E-state index is 5.35. The summed E-state index contributed by atoms with van der Waals surface area (Å²) in [5.74, 6) is 0.948. The number of fused-ring (bicyclic) bond motifs is 3. The molecule has 0 saturated heterocycles. The molecule has 1 heterocycles. The van der Waals surface area contributed by atoms with E-state index in [2.05, 4.69) is 41.1 Å². The van der Waals surface area contributed by atoms with Crippen molar-refractivity contribution in [3.8, 4) is 5.75 Å². The molecule has 2 unspecified atom stereocenters. The van der Waals surface area contributed by atoms with Crippen molar-refractivity contribution < 1.29 is 4.74 Å². The SMILES string of the molecule is COc1ccc2c(c1)C1(C)CCN=C1C(Br)C2. The third kappa shape index (κ3) is 1.55. The summed E-state index contributed by atoms with van der Waals surface area (Å²) in [5.41, 5.74) is 4.26. The number of aliphatic imine (C=N–C) groups is 1. The average molecular weight is 294 g/mol. The number of methoxy groups -OCH3 is 1. The highest BCUT2D eigenvalue weighted by Crippen LogP contribution is 2.44. The molecule has 3 heteroatoms. The minimum Gasteiger partial charge on any atom is -0.497 e. The molecule has 0 bridgehead atoms. The zero-order valence-corrected chi connectivity index (χ0v) is 11.8. The number of halogens is 1. The summed E-state index contributed by atoms with van der Waals surface area (Å²) < 4.78 is 5.35. The highest BCUT2D eigenvalue weighted by Gasteiger charge is 2.44. The topological polar surface area (TPSA) is 21.6 Å². The van der Waals surface area contributed by atoms with Gasteiger partial charge in [0.25, 0.3) is 0 Å². The fourth-order valence-electron chi connectivity index (χ4n) is 3.08. The van der Waals surface area contributed by atoms with E-state index in [1.165, 1.54) is 16.8 Å². The number of rotatable bonds is 1. The molecule has 2 aliphatic rings. The number of benzene rings is 1. The van der Waals surface area contributed by atoms with Crippen molar-refractivity contribution in [3.05, 3.63) is 29.3 Å². The summed E-state index contributed by atoms with van der Waals surface area (Å²) in [6.07, 6.45) is 2.15. The molecule has 2 nitrogen and oxygen atoms in total. The highest BCUT2D eigenvalue weighted by molar-refractivity contribution is 9.10. The molecular weight excluding hydrogens is 278 g/mol. The van der Waals surface area contributed by atoms with Gasteiger partial charge < -0.3 is 4.74 Å². The average Bonchev–Trinajstić information content (AvgIpc) is 2.73. The third-order valence-electron chi connectivity index (χ3n) is 4.07. The van der Waals surface area contributed by atoms with Gasteiger partial charge in [0.1, 0.15) is 5.75 Å². The van der Waals surface area contributed by atoms with Crippen LogP contribution in [0.15, 0.2) is 23.2 Å².